The largest absolute Gasteiger partial charge is 0.494 e. The van der Waals surface area contributed by atoms with Crippen molar-refractivity contribution in [2.75, 3.05) is 38.2 Å². The van der Waals surface area contributed by atoms with Gasteiger partial charge in [-0.1, -0.05) is 18.2 Å². The van der Waals surface area contributed by atoms with Crippen molar-refractivity contribution in [1.82, 2.24) is 10.2 Å². The first-order chi connectivity index (χ1) is 16.0. The van der Waals surface area contributed by atoms with Gasteiger partial charge in [0.05, 0.1) is 32.1 Å². The predicted octanol–water partition coefficient (Wildman–Crippen LogP) is 2.85. The van der Waals surface area contributed by atoms with Gasteiger partial charge in [-0.15, -0.1) is 0 Å². The maximum Gasteiger partial charge on any atom is 0.243 e. The third-order valence-corrected chi connectivity index (χ3v) is 5.35. The zero-order valence-electron chi connectivity index (χ0n) is 18.9. The van der Waals surface area contributed by atoms with Crippen LogP contribution in [0.2, 0.25) is 0 Å². The lowest BCUT2D eigenvalue weighted by Gasteiger charge is -2.32. The lowest BCUT2D eigenvalue weighted by Crippen LogP contribution is -2.46. The van der Waals surface area contributed by atoms with Crippen molar-refractivity contribution in [2.24, 2.45) is 5.92 Å². The number of rotatable bonds is 10. The SMILES string of the molecule is CCOc1ccc(NC(=O)CNC(=O)C2CCCN(C(=O)CCOc3ccccc3)C2)cc1. The Balaban J connectivity index is 1.38. The van der Waals surface area contributed by atoms with Crippen molar-refractivity contribution in [3.63, 3.8) is 0 Å². The number of hydrogen-bond acceptors (Lipinski definition) is 5. The third kappa shape index (κ3) is 7.82. The molecule has 1 unspecified atom stereocenters. The van der Waals surface area contributed by atoms with Crippen LogP contribution in [-0.2, 0) is 14.4 Å². The molecule has 8 nitrogen and oxygen atoms in total. The summed E-state index contributed by atoms with van der Waals surface area (Å²) in [6.45, 7) is 3.63. The molecule has 0 radical (unpaired) electrons. The minimum atomic E-state index is -0.323. The Morgan fingerprint density at radius 2 is 1.73 bits per heavy atom. The van der Waals surface area contributed by atoms with E-state index in [4.69, 9.17) is 9.47 Å². The molecule has 2 aromatic rings. The highest BCUT2D eigenvalue weighted by atomic mass is 16.5. The maximum absolute atomic E-state index is 12.6. The van der Waals surface area contributed by atoms with E-state index in [9.17, 15) is 14.4 Å². The van der Waals surface area contributed by atoms with Crippen LogP contribution in [0.5, 0.6) is 11.5 Å². The highest BCUT2D eigenvalue weighted by Crippen LogP contribution is 2.18. The molecule has 3 rings (SSSR count). The topological polar surface area (TPSA) is 97.0 Å². The molecule has 1 heterocycles. The van der Waals surface area contributed by atoms with E-state index in [1.807, 2.05) is 37.3 Å². The Labute approximate surface area is 194 Å². The van der Waals surface area contributed by atoms with E-state index < -0.39 is 0 Å². The van der Waals surface area contributed by atoms with Crippen LogP contribution in [0.4, 0.5) is 5.69 Å². The molecule has 0 spiro atoms. The Morgan fingerprint density at radius 1 is 1.00 bits per heavy atom. The molecular weight excluding hydrogens is 422 g/mol. The molecule has 2 N–H and O–H groups in total. The van der Waals surface area contributed by atoms with E-state index in [1.165, 1.54) is 0 Å². The zero-order chi connectivity index (χ0) is 23.5. The summed E-state index contributed by atoms with van der Waals surface area (Å²) in [6, 6.07) is 16.4. The first-order valence-corrected chi connectivity index (χ1v) is 11.3. The Kier molecular flexibility index (Phi) is 9.11. The number of anilines is 1. The fraction of sp³-hybridized carbons (Fsp3) is 0.400. The lowest BCUT2D eigenvalue weighted by molar-refractivity contribution is -0.136. The van der Waals surface area contributed by atoms with Crippen molar-refractivity contribution < 1.29 is 23.9 Å². The third-order valence-electron chi connectivity index (χ3n) is 5.35. The summed E-state index contributed by atoms with van der Waals surface area (Å²) in [5, 5.41) is 5.44. The van der Waals surface area contributed by atoms with Crippen LogP contribution >= 0.6 is 0 Å². The van der Waals surface area contributed by atoms with E-state index in [2.05, 4.69) is 10.6 Å². The van der Waals surface area contributed by atoms with Crippen molar-refractivity contribution in [3.05, 3.63) is 54.6 Å². The summed E-state index contributed by atoms with van der Waals surface area (Å²) in [5.74, 6) is 0.577. The summed E-state index contributed by atoms with van der Waals surface area (Å²) < 4.78 is 11.0. The molecule has 2 aromatic carbocycles. The molecular formula is C25H31N3O5. The average Bonchev–Trinajstić information content (AvgIpc) is 2.84. The van der Waals surface area contributed by atoms with Crippen LogP contribution in [-0.4, -0.2) is 55.5 Å². The molecule has 1 saturated heterocycles. The number of ether oxygens (including phenoxy) is 2. The van der Waals surface area contributed by atoms with E-state index in [-0.39, 0.29) is 36.6 Å². The molecule has 0 aromatic heterocycles. The average molecular weight is 454 g/mol. The minimum Gasteiger partial charge on any atom is -0.494 e. The Hall–Kier alpha value is -3.55. The monoisotopic (exact) mass is 453 g/mol. The van der Waals surface area contributed by atoms with Crippen molar-refractivity contribution in [2.45, 2.75) is 26.2 Å². The molecule has 1 atom stereocenters. The number of carbonyl (C=O) groups is 3. The number of para-hydroxylation sites is 1. The minimum absolute atomic E-state index is 0.0309. The molecule has 1 aliphatic rings. The molecule has 0 saturated carbocycles. The van der Waals surface area contributed by atoms with Crippen LogP contribution in [0.1, 0.15) is 26.2 Å². The van der Waals surface area contributed by atoms with Crippen LogP contribution < -0.4 is 20.1 Å². The van der Waals surface area contributed by atoms with Gasteiger partial charge >= 0.3 is 0 Å². The second kappa shape index (κ2) is 12.5. The van der Waals surface area contributed by atoms with E-state index in [1.54, 1.807) is 29.2 Å². The quantitative estimate of drug-likeness (QED) is 0.577. The number of likely N-dealkylation sites (tertiary alicyclic amines) is 1. The lowest BCUT2D eigenvalue weighted by atomic mass is 9.97. The highest BCUT2D eigenvalue weighted by molar-refractivity contribution is 5.95. The second-order valence-electron chi connectivity index (χ2n) is 7.81. The molecule has 176 valence electrons. The number of amides is 3. The highest BCUT2D eigenvalue weighted by Gasteiger charge is 2.28. The summed E-state index contributed by atoms with van der Waals surface area (Å²) in [6.07, 6.45) is 1.70. The van der Waals surface area contributed by atoms with Gasteiger partial charge in [0.1, 0.15) is 11.5 Å². The van der Waals surface area contributed by atoms with Gasteiger partial charge in [-0.05, 0) is 56.2 Å². The van der Waals surface area contributed by atoms with E-state index in [0.29, 0.717) is 38.4 Å². The normalized spacial score (nSPS) is 15.4. The summed E-state index contributed by atoms with van der Waals surface area (Å²) >= 11 is 0. The number of nitrogens with one attached hydrogen (secondary N) is 2. The number of nitrogens with zero attached hydrogens (tertiary/aromatic N) is 1. The number of carbonyl (C=O) groups excluding carboxylic acids is 3. The van der Waals surface area contributed by atoms with E-state index >= 15 is 0 Å². The van der Waals surface area contributed by atoms with E-state index in [0.717, 1.165) is 17.9 Å². The first-order valence-electron chi connectivity index (χ1n) is 11.3. The predicted molar refractivity (Wildman–Crippen MR) is 125 cm³/mol. The maximum atomic E-state index is 12.6. The second-order valence-corrected chi connectivity index (χ2v) is 7.81. The van der Waals surface area contributed by atoms with Gasteiger partial charge in [-0.3, -0.25) is 14.4 Å². The smallest absolute Gasteiger partial charge is 0.243 e. The molecule has 0 bridgehead atoms. The van der Waals surface area contributed by atoms with Crippen LogP contribution in [0, 0.1) is 5.92 Å². The number of piperidine rings is 1. The summed E-state index contributed by atoms with van der Waals surface area (Å²) in [7, 11) is 0. The van der Waals surface area contributed by atoms with Gasteiger partial charge in [0.2, 0.25) is 17.7 Å². The summed E-state index contributed by atoms with van der Waals surface area (Å²) in [5.41, 5.74) is 0.630. The van der Waals surface area contributed by atoms with Crippen molar-refractivity contribution in [3.8, 4) is 11.5 Å². The molecule has 3 amide bonds. The van der Waals surface area contributed by atoms with Crippen LogP contribution in [0.25, 0.3) is 0 Å². The van der Waals surface area contributed by atoms with Gasteiger partial charge in [-0.2, -0.15) is 0 Å². The standard InChI is InChI=1S/C25H31N3O5/c1-2-32-22-12-10-20(11-13-22)27-23(29)17-26-25(31)19-7-6-15-28(18-19)24(30)14-16-33-21-8-4-3-5-9-21/h3-5,8-13,19H,2,6-7,14-18H2,1H3,(H,26,31)(H,27,29). The molecule has 33 heavy (non-hydrogen) atoms. The molecule has 1 aliphatic heterocycles. The Bertz CT molecular complexity index is 917. The van der Waals surface area contributed by atoms with Gasteiger partial charge in [0, 0.05) is 18.8 Å². The molecule has 1 fully saturated rings. The molecule has 0 aliphatic carbocycles. The number of hydrogen-bond donors (Lipinski definition) is 2. The Morgan fingerprint density at radius 3 is 2.45 bits per heavy atom. The summed E-state index contributed by atoms with van der Waals surface area (Å²) in [4.78, 5) is 39.0. The fourth-order valence-electron chi connectivity index (χ4n) is 3.67. The fourth-order valence-corrected chi connectivity index (χ4v) is 3.67. The molecule has 8 heteroatoms. The number of benzene rings is 2. The van der Waals surface area contributed by atoms with Gasteiger partial charge in [-0.25, -0.2) is 0 Å². The van der Waals surface area contributed by atoms with Crippen LogP contribution in [0.3, 0.4) is 0 Å². The van der Waals surface area contributed by atoms with Gasteiger partial charge in [0.25, 0.3) is 0 Å². The van der Waals surface area contributed by atoms with Gasteiger partial charge < -0.3 is 25.0 Å². The van der Waals surface area contributed by atoms with Crippen molar-refractivity contribution >= 4 is 23.4 Å². The zero-order valence-corrected chi connectivity index (χ0v) is 18.9. The first kappa shape index (κ1) is 24.1. The van der Waals surface area contributed by atoms with Gasteiger partial charge in [0.15, 0.2) is 0 Å². The van der Waals surface area contributed by atoms with Crippen molar-refractivity contribution in [1.29, 1.82) is 0 Å². The van der Waals surface area contributed by atoms with Crippen LogP contribution in [0.15, 0.2) is 54.6 Å².